The molecule has 7 heteroatoms. The zero-order chi connectivity index (χ0) is 21.1. The zero-order valence-electron chi connectivity index (χ0n) is 16.3. The Morgan fingerprint density at radius 2 is 1.80 bits per heavy atom. The second-order valence-corrected chi connectivity index (χ2v) is 7.59. The molecule has 0 aliphatic rings. The number of carbonyl (C=O) groups is 1. The first kappa shape index (κ1) is 20.3. The Bertz CT molecular complexity index is 1180. The lowest BCUT2D eigenvalue weighted by Crippen LogP contribution is -2.24. The molecule has 0 spiro atoms. The number of benzene rings is 2. The third kappa shape index (κ3) is 4.13. The van der Waals surface area contributed by atoms with Gasteiger partial charge in [-0.1, -0.05) is 35.3 Å². The van der Waals surface area contributed by atoms with E-state index in [1.807, 2.05) is 53.2 Å². The van der Waals surface area contributed by atoms with Crippen molar-refractivity contribution in [3.63, 3.8) is 0 Å². The van der Waals surface area contributed by atoms with E-state index in [2.05, 4.69) is 21.8 Å². The van der Waals surface area contributed by atoms with Crippen LogP contribution in [0.5, 0.6) is 0 Å². The molecule has 4 rings (SSSR count). The van der Waals surface area contributed by atoms with Crippen LogP contribution in [0.1, 0.15) is 23.1 Å². The molecule has 0 unspecified atom stereocenters. The quantitative estimate of drug-likeness (QED) is 0.425. The highest BCUT2D eigenvalue weighted by molar-refractivity contribution is 6.33. The summed E-state index contributed by atoms with van der Waals surface area (Å²) in [4.78, 5) is 17.5. The molecule has 152 valence electrons. The van der Waals surface area contributed by atoms with Crippen molar-refractivity contribution in [3.8, 4) is 17.1 Å². The minimum atomic E-state index is -0.250. The van der Waals surface area contributed by atoms with E-state index < -0.39 is 0 Å². The number of hydrogen-bond donors (Lipinski definition) is 1. The first-order valence-corrected chi connectivity index (χ1v) is 10.3. The van der Waals surface area contributed by atoms with E-state index in [1.165, 1.54) is 0 Å². The van der Waals surface area contributed by atoms with Crippen molar-refractivity contribution in [2.45, 2.75) is 20.0 Å². The van der Waals surface area contributed by atoms with Gasteiger partial charge in [-0.25, -0.2) is 4.98 Å². The molecular weight excluding hydrogens is 419 g/mol. The highest BCUT2D eigenvalue weighted by atomic mass is 35.5. The summed E-state index contributed by atoms with van der Waals surface area (Å²) in [6, 6.07) is 18.7. The van der Waals surface area contributed by atoms with Crippen LogP contribution in [0.2, 0.25) is 10.0 Å². The number of nitrogens with zero attached hydrogens (tertiary/aromatic N) is 3. The molecule has 2 aromatic heterocycles. The topological polar surface area (TPSA) is 51.9 Å². The Morgan fingerprint density at radius 1 is 1.03 bits per heavy atom. The van der Waals surface area contributed by atoms with Crippen LogP contribution in [0.25, 0.3) is 17.1 Å². The van der Waals surface area contributed by atoms with Crippen molar-refractivity contribution in [2.24, 2.45) is 0 Å². The smallest absolute Gasteiger partial charge is 0.271 e. The fourth-order valence-corrected chi connectivity index (χ4v) is 3.65. The zero-order valence-corrected chi connectivity index (χ0v) is 17.9. The summed E-state index contributed by atoms with van der Waals surface area (Å²) in [7, 11) is 0. The number of rotatable bonds is 6. The number of hydrogen-bond acceptors (Lipinski definition) is 2. The Hall–Kier alpha value is -3.02. The normalized spacial score (nSPS) is 10.9. The van der Waals surface area contributed by atoms with Gasteiger partial charge >= 0.3 is 0 Å². The standard InChI is InChI=1S/C23H20Cl2N4O/c1-2-28-13-5-6-18(28)14-26-23(30)21-15-29(17-11-9-16(24)10-12-17)22(27-21)19-7-3-4-8-20(19)25/h3-13,15H,2,14H2,1H3,(H,26,30). The number of nitrogens with one attached hydrogen (secondary N) is 1. The molecular formula is C23H20Cl2N4O. The van der Waals surface area contributed by atoms with Gasteiger partial charge in [0.2, 0.25) is 0 Å². The lowest BCUT2D eigenvalue weighted by molar-refractivity contribution is 0.0945. The minimum Gasteiger partial charge on any atom is -0.350 e. The maximum Gasteiger partial charge on any atom is 0.271 e. The maximum absolute atomic E-state index is 12.9. The Kier molecular flexibility index (Phi) is 5.93. The van der Waals surface area contributed by atoms with Gasteiger partial charge < -0.3 is 9.88 Å². The molecule has 4 aromatic rings. The van der Waals surface area contributed by atoms with Crippen LogP contribution in [0.4, 0.5) is 0 Å². The monoisotopic (exact) mass is 438 g/mol. The summed E-state index contributed by atoms with van der Waals surface area (Å²) in [5.74, 6) is 0.338. The van der Waals surface area contributed by atoms with Gasteiger partial charge in [-0.3, -0.25) is 9.36 Å². The van der Waals surface area contributed by atoms with Gasteiger partial charge in [0, 0.05) is 40.9 Å². The van der Waals surface area contributed by atoms with Crippen LogP contribution in [0.15, 0.2) is 73.1 Å². The van der Waals surface area contributed by atoms with Crippen molar-refractivity contribution in [1.29, 1.82) is 0 Å². The van der Waals surface area contributed by atoms with Crippen LogP contribution in [-0.2, 0) is 13.1 Å². The molecule has 0 radical (unpaired) electrons. The molecule has 0 aliphatic carbocycles. The third-order valence-electron chi connectivity index (χ3n) is 4.85. The van der Waals surface area contributed by atoms with Gasteiger partial charge in [0.15, 0.2) is 0 Å². The fourth-order valence-electron chi connectivity index (χ4n) is 3.30. The van der Waals surface area contributed by atoms with Crippen LogP contribution in [0, 0.1) is 0 Å². The van der Waals surface area contributed by atoms with Gasteiger partial charge in [-0.15, -0.1) is 0 Å². The molecule has 1 N–H and O–H groups in total. The summed E-state index contributed by atoms with van der Waals surface area (Å²) in [5.41, 5.74) is 2.93. The number of amides is 1. The van der Waals surface area contributed by atoms with E-state index in [9.17, 15) is 4.79 Å². The summed E-state index contributed by atoms with van der Waals surface area (Å²) < 4.78 is 3.93. The first-order valence-electron chi connectivity index (χ1n) is 9.59. The molecule has 30 heavy (non-hydrogen) atoms. The SMILES string of the molecule is CCn1cccc1CNC(=O)c1cn(-c2ccc(Cl)cc2)c(-c2ccccc2Cl)n1. The number of carbonyl (C=O) groups excluding carboxylic acids is 1. The van der Waals surface area contributed by atoms with E-state index in [4.69, 9.17) is 23.2 Å². The first-order chi connectivity index (χ1) is 14.6. The number of imidazole rings is 1. The molecule has 1 amide bonds. The van der Waals surface area contributed by atoms with E-state index in [0.717, 1.165) is 23.5 Å². The second kappa shape index (κ2) is 8.78. The minimum absolute atomic E-state index is 0.250. The van der Waals surface area contributed by atoms with Crippen molar-refractivity contribution in [3.05, 3.63) is 94.5 Å². The molecule has 0 saturated carbocycles. The number of halogens is 2. The van der Waals surface area contributed by atoms with Gasteiger partial charge in [-0.05, 0) is 55.5 Å². The van der Waals surface area contributed by atoms with Gasteiger partial charge in [0.1, 0.15) is 11.5 Å². The Morgan fingerprint density at radius 3 is 2.53 bits per heavy atom. The van der Waals surface area contributed by atoms with Gasteiger partial charge in [0.05, 0.1) is 11.6 Å². The van der Waals surface area contributed by atoms with Crippen molar-refractivity contribution in [1.82, 2.24) is 19.4 Å². The lowest BCUT2D eigenvalue weighted by atomic mass is 10.2. The van der Waals surface area contributed by atoms with Crippen molar-refractivity contribution in [2.75, 3.05) is 0 Å². The molecule has 0 fully saturated rings. The van der Waals surface area contributed by atoms with Crippen LogP contribution >= 0.6 is 23.2 Å². The average Bonchev–Trinajstić information content (AvgIpc) is 3.40. The predicted octanol–water partition coefficient (Wildman–Crippen LogP) is 5.60. The molecule has 2 heterocycles. The maximum atomic E-state index is 12.9. The summed E-state index contributed by atoms with van der Waals surface area (Å²) >= 11 is 12.5. The van der Waals surface area contributed by atoms with E-state index in [-0.39, 0.29) is 5.91 Å². The van der Waals surface area contributed by atoms with Gasteiger partial charge in [0.25, 0.3) is 5.91 Å². The van der Waals surface area contributed by atoms with E-state index in [1.54, 1.807) is 24.4 Å². The molecule has 2 aromatic carbocycles. The highest BCUT2D eigenvalue weighted by Gasteiger charge is 2.18. The largest absolute Gasteiger partial charge is 0.350 e. The molecule has 0 aliphatic heterocycles. The summed E-state index contributed by atoms with van der Waals surface area (Å²) in [6.45, 7) is 3.34. The number of aryl methyl sites for hydroxylation is 1. The van der Waals surface area contributed by atoms with Crippen LogP contribution in [0.3, 0.4) is 0 Å². The van der Waals surface area contributed by atoms with E-state index in [0.29, 0.717) is 28.1 Å². The van der Waals surface area contributed by atoms with Crippen molar-refractivity contribution < 1.29 is 4.79 Å². The molecule has 0 saturated heterocycles. The highest BCUT2D eigenvalue weighted by Crippen LogP contribution is 2.29. The predicted molar refractivity (Wildman–Crippen MR) is 120 cm³/mol. The average molecular weight is 439 g/mol. The van der Waals surface area contributed by atoms with Crippen molar-refractivity contribution >= 4 is 29.1 Å². The third-order valence-corrected chi connectivity index (χ3v) is 5.43. The van der Waals surface area contributed by atoms with Crippen LogP contribution < -0.4 is 5.32 Å². The van der Waals surface area contributed by atoms with Gasteiger partial charge in [-0.2, -0.15) is 0 Å². The molecule has 5 nitrogen and oxygen atoms in total. The number of aromatic nitrogens is 3. The summed E-state index contributed by atoms with van der Waals surface area (Å²) in [5, 5.41) is 4.15. The Balaban J connectivity index is 1.69. The summed E-state index contributed by atoms with van der Waals surface area (Å²) in [6.07, 6.45) is 3.71. The molecule has 0 atom stereocenters. The molecule has 0 bridgehead atoms. The second-order valence-electron chi connectivity index (χ2n) is 6.74. The van der Waals surface area contributed by atoms with Crippen LogP contribution in [-0.4, -0.2) is 20.0 Å². The fraction of sp³-hybridized carbons (Fsp3) is 0.130. The Labute approximate surface area is 184 Å². The van der Waals surface area contributed by atoms with E-state index >= 15 is 0 Å². The lowest BCUT2D eigenvalue weighted by Gasteiger charge is -2.09.